The predicted octanol–water partition coefficient (Wildman–Crippen LogP) is 10.7. The van der Waals surface area contributed by atoms with Crippen molar-refractivity contribution in [2.75, 3.05) is 20.5 Å². The minimum atomic E-state index is -2.29. The van der Waals surface area contributed by atoms with Gasteiger partial charge in [-0.3, -0.25) is 9.59 Å². The standard InChI is InChI=1S/C44H84O9Si3/c1-32(28-29-54(15,16)17)37(51-40(46)42(5,6)7)38(49-31-47-14)35-27-26-33(50-35)24-22-23-25-34(52-55(18,19)43(8,9)10)36(30-48-39(45)41(2,3)4)53-56(20,21)44(11,12)13/h23,25,32-38H,22,24,26-27,30-31H2,1-21H3/b25-23+/t32-,33+,34-,35+,36-,37-,38-/m1/s1. The van der Waals surface area contributed by atoms with Crippen molar-refractivity contribution in [3.63, 3.8) is 0 Å². The van der Waals surface area contributed by atoms with E-state index < -0.39 is 60.0 Å². The van der Waals surface area contributed by atoms with Crippen LogP contribution in [0.5, 0.6) is 0 Å². The van der Waals surface area contributed by atoms with Crippen LogP contribution in [0.2, 0.25) is 55.9 Å². The number of allylic oxidation sites excluding steroid dienone is 1. The minimum Gasteiger partial charge on any atom is -0.462 e. The summed E-state index contributed by atoms with van der Waals surface area (Å²) >= 11 is 0. The van der Waals surface area contributed by atoms with Gasteiger partial charge in [0.2, 0.25) is 0 Å². The van der Waals surface area contributed by atoms with E-state index in [0.29, 0.717) is 0 Å². The Morgan fingerprint density at radius 3 is 1.82 bits per heavy atom. The number of methoxy groups -OCH3 is 1. The third-order valence-corrected chi connectivity index (χ3v) is 20.9. The van der Waals surface area contributed by atoms with Gasteiger partial charge in [0.05, 0.1) is 35.1 Å². The summed E-state index contributed by atoms with van der Waals surface area (Å²) in [4.78, 5) is 26.3. The summed E-state index contributed by atoms with van der Waals surface area (Å²) in [5.41, 5.74) is 2.15. The number of carbonyl (C=O) groups is 2. The predicted molar refractivity (Wildman–Crippen MR) is 237 cm³/mol. The SMILES string of the molecule is COCO[C@@H]([C@H](OC(=O)C(C)(C)C)[C@H](C)C#C[Si](C)(C)C)[C@@H]1CC[C@H](CC/C=C/[C@@H](O[Si](C)(C)C(C)(C)C)[C@@H](COC(=O)C(C)(C)C)O[Si](C)(C)C(C)(C)C)O1. The lowest BCUT2D eigenvalue weighted by molar-refractivity contribution is -0.194. The lowest BCUT2D eigenvalue weighted by Gasteiger charge is -2.44. The molecule has 1 heterocycles. The molecule has 0 aromatic carbocycles. The Morgan fingerprint density at radius 1 is 0.804 bits per heavy atom. The van der Waals surface area contributed by atoms with Crippen LogP contribution in [0.3, 0.4) is 0 Å². The third kappa shape index (κ3) is 17.5. The number of esters is 2. The Bertz CT molecular complexity index is 1330. The zero-order chi connectivity index (χ0) is 43.7. The molecule has 7 atom stereocenters. The van der Waals surface area contributed by atoms with E-state index in [1.54, 1.807) is 7.11 Å². The highest BCUT2D eigenvalue weighted by Gasteiger charge is 2.46. The van der Waals surface area contributed by atoms with Gasteiger partial charge in [-0.1, -0.05) is 73.3 Å². The fourth-order valence-corrected chi connectivity index (χ4v) is 8.55. The zero-order valence-corrected chi connectivity index (χ0v) is 42.6. The summed E-state index contributed by atoms with van der Waals surface area (Å²) < 4.78 is 44.6. The number of rotatable bonds is 18. The quantitative estimate of drug-likeness (QED) is 0.0439. The van der Waals surface area contributed by atoms with Gasteiger partial charge in [0.25, 0.3) is 0 Å². The van der Waals surface area contributed by atoms with E-state index in [4.69, 9.17) is 32.5 Å². The van der Waals surface area contributed by atoms with Gasteiger partial charge in [-0.15, -0.1) is 11.5 Å². The highest BCUT2D eigenvalue weighted by Crippen LogP contribution is 2.41. The van der Waals surface area contributed by atoms with Crippen molar-refractivity contribution >= 4 is 36.6 Å². The summed E-state index contributed by atoms with van der Waals surface area (Å²) in [5, 5.41) is -0.0812. The monoisotopic (exact) mass is 841 g/mol. The van der Waals surface area contributed by atoms with Gasteiger partial charge in [0.1, 0.15) is 39.8 Å². The molecule has 56 heavy (non-hydrogen) atoms. The van der Waals surface area contributed by atoms with Crippen LogP contribution in [0.1, 0.15) is 116 Å². The van der Waals surface area contributed by atoms with Crippen molar-refractivity contribution in [3.05, 3.63) is 12.2 Å². The van der Waals surface area contributed by atoms with Gasteiger partial charge >= 0.3 is 11.9 Å². The van der Waals surface area contributed by atoms with E-state index in [-0.39, 0.29) is 53.5 Å². The molecule has 1 aliphatic rings. The molecule has 1 aliphatic heterocycles. The van der Waals surface area contributed by atoms with Crippen LogP contribution in [0.25, 0.3) is 0 Å². The van der Waals surface area contributed by atoms with Gasteiger partial charge < -0.3 is 32.5 Å². The summed E-state index contributed by atoms with van der Waals surface area (Å²) in [6.07, 6.45) is 5.13. The molecule has 0 unspecified atom stereocenters. The molecule has 1 fully saturated rings. The van der Waals surface area contributed by atoms with Crippen molar-refractivity contribution < 1.29 is 42.1 Å². The van der Waals surface area contributed by atoms with Crippen molar-refractivity contribution in [1.82, 2.24) is 0 Å². The normalized spacial score (nSPS) is 20.5. The number of carbonyl (C=O) groups excluding carboxylic acids is 2. The van der Waals surface area contributed by atoms with Crippen LogP contribution in [0.4, 0.5) is 0 Å². The second-order valence-electron chi connectivity index (χ2n) is 22.0. The van der Waals surface area contributed by atoms with Crippen LogP contribution in [-0.4, -0.2) is 93.8 Å². The maximum atomic E-state index is 13.3. The molecular formula is C44H84O9Si3. The number of hydrogen-bond donors (Lipinski definition) is 0. The minimum absolute atomic E-state index is 0.00702. The van der Waals surface area contributed by atoms with Gasteiger partial charge in [0.15, 0.2) is 16.6 Å². The first-order valence-electron chi connectivity index (χ1n) is 20.8. The van der Waals surface area contributed by atoms with Crippen molar-refractivity contribution in [2.45, 2.75) is 208 Å². The van der Waals surface area contributed by atoms with E-state index >= 15 is 0 Å². The van der Waals surface area contributed by atoms with Crippen LogP contribution in [0.15, 0.2) is 12.2 Å². The Morgan fingerprint density at radius 2 is 1.34 bits per heavy atom. The number of ether oxygens (including phenoxy) is 5. The highest BCUT2D eigenvalue weighted by molar-refractivity contribution is 6.83. The Balaban J connectivity index is 3.41. The molecule has 0 aromatic rings. The summed E-state index contributed by atoms with van der Waals surface area (Å²) in [5.74, 6) is 2.59. The average Bonchev–Trinajstić information content (AvgIpc) is 3.48. The second kappa shape index (κ2) is 20.8. The van der Waals surface area contributed by atoms with Crippen LogP contribution in [0, 0.1) is 28.2 Å². The molecule has 0 aromatic heterocycles. The van der Waals surface area contributed by atoms with Gasteiger partial charge in [0, 0.05) is 7.11 Å². The van der Waals surface area contributed by atoms with Crippen molar-refractivity contribution in [1.29, 1.82) is 0 Å². The third-order valence-electron chi connectivity index (χ3n) is 11.1. The second-order valence-corrected chi connectivity index (χ2v) is 36.2. The molecule has 1 rings (SSSR count). The largest absolute Gasteiger partial charge is 0.462 e. The molecular weight excluding hydrogens is 757 g/mol. The lowest BCUT2D eigenvalue weighted by atomic mass is 9.93. The summed E-state index contributed by atoms with van der Waals surface area (Å²) in [6.45, 7) is 42.2. The molecule has 326 valence electrons. The first-order valence-corrected chi connectivity index (χ1v) is 30.1. The average molecular weight is 841 g/mol. The maximum absolute atomic E-state index is 13.3. The zero-order valence-electron chi connectivity index (χ0n) is 39.6. The van der Waals surface area contributed by atoms with Gasteiger partial charge in [-0.25, -0.2) is 0 Å². The molecule has 0 amide bonds. The van der Waals surface area contributed by atoms with Crippen molar-refractivity contribution in [3.8, 4) is 11.5 Å². The first kappa shape index (κ1) is 52.7. The molecule has 0 aliphatic carbocycles. The first-order chi connectivity index (χ1) is 25.1. The van der Waals surface area contributed by atoms with Gasteiger partial charge in [-0.05, 0) is 110 Å². The Labute approximate surface area is 346 Å². The molecule has 0 bridgehead atoms. The van der Waals surface area contributed by atoms with E-state index in [1.807, 2.05) is 48.5 Å². The summed E-state index contributed by atoms with van der Waals surface area (Å²) in [7, 11) is -4.65. The Hall–Kier alpha value is -1.31. The fourth-order valence-electron chi connectivity index (χ4n) is 5.31. The molecule has 9 nitrogen and oxygen atoms in total. The van der Waals surface area contributed by atoms with Crippen molar-refractivity contribution in [2.24, 2.45) is 16.7 Å². The molecule has 0 radical (unpaired) electrons. The fraction of sp³-hybridized carbons (Fsp3) is 0.864. The molecule has 0 saturated carbocycles. The van der Waals surface area contributed by atoms with E-state index in [1.165, 1.54) is 0 Å². The molecule has 0 spiro atoms. The molecule has 12 heteroatoms. The van der Waals surface area contributed by atoms with E-state index in [0.717, 1.165) is 25.7 Å². The van der Waals surface area contributed by atoms with Gasteiger partial charge in [-0.2, -0.15) is 0 Å². The lowest BCUT2D eigenvalue weighted by Crippen LogP contribution is -2.53. The van der Waals surface area contributed by atoms with Crippen LogP contribution >= 0.6 is 0 Å². The smallest absolute Gasteiger partial charge is 0.311 e. The van der Waals surface area contributed by atoms with E-state index in [2.05, 4.69) is 111 Å². The van der Waals surface area contributed by atoms with E-state index in [9.17, 15) is 9.59 Å². The number of hydrogen-bond acceptors (Lipinski definition) is 9. The van der Waals surface area contributed by atoms with Crippen LogP contribution < -0.4 is 0 Å². The highest BCUT2D eigenvalue weighted by atomic mass is 28.4. The topological polar surface area (TPSA) is 98.8 Å². The molecule has 1 saturated heterocycles. The summed E-state index contributed by atoms with van der Waals surface area (Å²) in [6, 6.07) is 0. The maximum Gasteiger partial charge on any atom is 0.311 e. The van der Waals surface area contributed by atoms with Crippen LogP contribution in [-0.2, 0) is 42.1 Å². The molecule has 0 N–H and O–H groups in total. The Kier molecular flexibility index (Phi) is 19.6.